The molecule has 4 rings (SSSR count). The van der Waals surface area contributed by atoms with Crippen molar-refractivity contribution < 1.29 is 4.79 Å². The molecule has 0 aliphatic rings. The molecule has 28 heavy (non-hydrogen) atoms. The monoisotopic (exact) mass is 426 g/mol. The predicted molar refractivity (Wildman–Crippen MR) is 116 cm³/mol. The number of benzene rings is 1. The van der Waals surface area contributed by atoms with Gasteiger partial charge in [-0.1, -0.05) is 54.2 Å². The molecule has 0 unspecified atom stereocenters. The first kappa shape index (κ1) is 18.9. The smallest absolute Gasteiger partial charge is 0.230 e. The Hall–Kier alpha value is -2.42. The summed E-state index contributed by atoms with van der Waals surface area (Å²) in [7, 11) is 0. The summed E-state index contributed by atoms with van der Waals surface area (Å²) >= 11 is 4.69. The van der Waals surface area contributed by atoms with Crippen molar-refractivity contribution in [2.75, 3.05) is 5.75 Å². The minimum atomic E-state index is -0.00895. The maximum Gasteiger partial charge on any atom is 0.230 e. The molecule has 142 valence electrons. The van der Waals surface area contributed by atoms with Crippen molar-refractivity contribution in [3.05, 3.63) is 75.8 Å². The second-order valence-electron chi connectivity index (χ2n) is 6.00. The molecular weight excluding hydrogens is 408 g/mol. The fourth-order valence-electron chi connectivity index (χ4n) is 2.67. The van der Waals surface area contributed by atoms with E-state index in [4.69, 9.17) is 0 Å². The first-order chi connectivity index (χ1) is 13.8. The van der Waals surface area contributed by atoms with E-state index in [9.17, 15) is 4.79 Å². The highest BCUT2D eigenvalue weighted by Gasteiger charge is 2.16. The summed E-state index contributed by atoms with van der Waals surface area (Å²) in [5, 5.41) is 16.5. The van der Waals surface area contributed by atoms with E-state index in [0.29, 0.717) is 18.8 Å². The van der Waals surface area contributed by atoms with Crippen LogP contribution >= 0.6 is 34.4 Å². The Morgan fingerprint density at radius 3 is 2.57 bits per heavy atom. The second kappa shape index (κ2) is 9.18. The number of carbonyl (C=O) groups excluding carboxylic acids is 1. The normalized spacial score (nSPS) is 10.9. The Morgan fingerprint density at radius 1 is 1.00 bits per heavy atom. The van der Waals surface area contributed by atoms with Crippen molar-refractivity contribution >= 4 is 40.3 Å². The van der Waals surface area contributed by atoms with E-state index >= 15 is 0 Å². The van der Waals surface area contributed by atoms with Crippen LogP contribution in [0.1, 0.15) is 10.4 Å². The number of nitrogens with one attached hydrogen (secondary N) is 1. The number of hydrogen-bond donors (Lipinski definition) is 1. The largest absolute Gasteiger partial charge is 0.350 e. The molecule has 4 aromatic rings. The molecule has 0 spiro atoms. The van der Waals surface area contributed by atoms with Crippen molar-refractivity contribution in [3.63, 3.8) is 0 Å². The van der Waals surface area contributed by atoms with E-state index in [1.165, 1.54) is 17.3 Å². The lowest BCUT2D eigenvalue weighted by Crippen LogP contribution is -2.24. The van der Waals surface area contributed by atoms with E-state index in [-0.39, 0.29) is 5.91 Å². The molecule has 3 aromatic heterocycles. The van der Waals surface area contributed by atoms with Crippen LogP contribution in [0.25, 0.3) is 10.7 Å². The third-order valence-corrected chi connectivity index (χ3v) is 6.72. The number of hydrogen-bond acceptors (Lipinski definition) is 6. The van der Waals surface area contributed by atoms with Crippen molar-refractivity contribution in [1.82, 2.24) is 20.1 Å². The number of aromatic nitrogens is 3. The lowest BCUT2D eigenvalue weighted by Gasteiger charge is -2.10. The minimum absolute atomic E-state index is 0.00895. The maximum atomic E-state index is 12.2. The zero-order chi connectivity index (χ0) is 19.2. The van der Waals surface area contributed by atoms with Gasteiger partial charge in [-0.3, -0.25) is 9.36 Å². The van der Waals surface area contributed by atoms with Crippen LogP contribution in [-0.4, -0.2) is 26.4 Å². The molecule has 0 atom stereocenters. The average Bonchev–Trinajstić information content (AvgIpc) is 3.47. The molecule has 0 fully saturated rings. The Balaban J connectivity index is 1.47. The van der Waals surface area contributed by atoms with E-state index in [1.54, 1.807) is 22.7 Å². The van der Waals surface area contributed by atoms with Crippen LogP contribution in [0.2, 0.25) is 0 Å². The van der Waals surface area contributed by atoms with Gasteiger partial charge in [-0.25, -0.2) is 0 Å². The summed E-state index contributed by atoms with van der Waals surface area (Å²) in [5.41, 5.74) is 1.17. The first-order valence-electron chi connectivity index (χ1n) is 8.72. The molecular formula is C20H18N4OS3. The fraction of sp³-hybridized carbons (Fsp3) is 0.150. The third kappa shape index (κ3) is 4.70. The lowest BCUT2D eigenvalue weighted by atomic mass is 10.2. The molecule has 8 heteroatoms. The second-order valence-corrected chi connectivity index (χ2v) is 8.92. The van der Waals surface area contributed by atoms with Gasteiger partial charge in [-0.15, -0.1) is 32.9 Å². The molecule has 0 saturated carbocycles. The molecule has 1 amide bonds. The van der Waals surface area contributed by atoms with Gasteiger partial charge in [-0.05, 0) is 28.5 Å². The minimum Gasteiger partial charge on any atom is -0.350 e. The molecule has 0 bridgehead atoms. The summed E-state index contributed by atoms with van der Waals surface area (Å²) in [5.74, 6) is 1.13. The van der Waals surface area contributed by atoms with Crippen molar-refractivity contribution in [1.29, 1.82) is 0 Å². The molecule has 1 aromatic carbocycles. The summed E-state index contributed by atoms with van der Waals surface area (Å²) in [6, 6.07) is 18.3. The van der Waals surface area contributed by atoms with Gasteiger partial charge in [0.25, 0.3) is 0 Å². The van der Waals surface area contributed by atoms with Gasteiger partial charge in [0.1, 0.15) is 0 Å². The van der Waals surface area contributed by atoms with Gasteiger partial charge in [0.2, 0.25) is 5.91 Å². The van der Waals surface area contributed by atoms with E-state index in [0.717, 1.165) is 20.7 Å². The molecule has 0 aliphatic heterocycles. The van der Waals surface area contributed by atoms with E-state index in [1.807, 2.05) is 53.2 Å². The van der Waals surface area contributed by atoms with Crippen molar-refractivity contribution in [3.8, 4) is 10.7 Å². The predicted octanol–water partition coefficient (Wildman–Crippen LogP) is 4.52. The fourth-order valence-corrected chi connectivity index (χ4v) is 4.80. The van der Waals surface area contributed by atoms with Crippen molar-refractivity contribution in [2.45, 2.75) is 18.2 Å². The average molecular weight is 427 g/mol. The van der Waals surface area contributed by atoms with Gasteiger partial charge in [0.05, 0.1) is 23.7 Å². The van der Waals surface area contributed by atoms with Crippen LogP contribution in [0, 0.1) is 0 Å². The number of thiophene rings is 2. The Labute approximate surface area is 175 Å². The zero-order valence-corrected chi connectivity index (χ0v) is 17.4. The summed E-state index contributed by atoms with van der Waals surface area (Å²) in [4.78, 5) is 14.4. The molecule has 0 aliphatic carbocycles. The highest BCUT2D eigenvalue weighted by molar-refractivity contribution is 7.99. The number of carbonyl (C=O) groups is 1. The van der Waals surface area contributed by atoms with Crippen LogP contribution in [0.3, 0.4) is 0 Å². The number of thioether (sulfide) groups is 1. The van der Waals surface area contributed by atoms with Crippen LogP contribution < -0.4 is 5.32 Å². The topological polar surface area (TPSA) is 59.8 Å². The highest BCUT2D eigenvalue weighted by Crippen LogP contribution is 2.28. The van der Waals surface area contributed by atoms with Gasteiger partial charge in [0, 0.05) is 4.88 Å². The summed E-state index contributed by atoms with van der Waals surface area (Å²) in [6.07, 6.45) is 0. The SMILES string of the molecule is O=C(CSc1nnc(-c2cccs2)n1Cc1ccccc1)NCc1cccs1. The van der Waals surface area contributed by atoms with E-state index in [2.05, 4.69) is 32.2 Å². The number of rotatable bonds is 8. The zero-order valence-electron chi connectivity index (χ0n) is 14.9. The Kier molecular flexibility index (Phi) is 6.20. The number of nitrogens with zero attached hydrogens (tertiary/aromatic N) is 3. The van der Waals surface area contributed by atoms with E-state index < -0.39 is 0 Å². The van der Waals surface area contributed by atoms with Gasteiger partial charge < -0.3 is 5.32 Å². The Morgan fingerprint density at radius 2 is 1.82 bits per heavy atom. The van der Waals surface area contributed by atoms with Crippen LogP contribution in [0.5, 0.6) is 0 Å². The highest BCUT2D eigenvalue weighted by atomic mass is 32.2. The maximum absolute atomic E-state index is 12.2. The molecule has 1 N–H and O–H groups in total. The molecule has 5 nitrogen and oxygen atoms in total. The Bertz CT molecular complexity index is 1010. The van der Waals surface area contributed by atoms with Gasteiger partial charge in [0.15, 0.2) is 11.0 Å². The molecule has 3 heterocycles. The molecule has 0 saturated heterocycles. The summed E-state index contributed by atoms with van der Waals surface area (Å²) in [6.45, 7) is 1.23. The quantitative estimate of drug-likeness (QED) is 0.421. The lowest BCUT2D eigenvalue weighted by molar-refractivity contribution is -0.118. The third-order valence-electron chi connectivity index (χ3n) is 4.01. The van der Waals surface area contributed by atoms with Crippen LogP contribution in [-0.2, 0) is 17.9 Å². The van der Waals surface area contributed by atoms with Crippen LogP contribution in [0.4, 0.5) is 0 Å². The van der Waals surface area contributed by atoms with Gasteiger partial charge in [-0.2, -0.15) is 0 Å². The van der Waals surface area contributed by atoms with Gasteiger partial charge >= 0.3 is 0 Å². The standard InChI is InChI=1S/C20H18N4OS3/c25-18(21-12-16-8-4-10-26-16)14-28-20-23-22-19(17-9-5-11-27-17)24(20)13-15-6-2-1-3-7-15/h1-11H,12-14H2,(H,21,25). The summed E-state index contributed by atoms with van der Waals surface area (Å²) < 4.78 is 2.08. The molecule has 0 radical (unpaired) electrons. The first-order valence-corrected chi connectivity index (χ1v) is 11.5. The number of amides is 1. The van der Waals surface area contributed by atoms with Crippen molar-refractivity contribution in [2.24, 2.45) is 0 Å². The van der Waals surface area contributed by atoms with Crippen LogP contribution in [0.15, 0.2) is 70.5 Å².